The van der Waals surface area contributed by atoms with E-state index in [0.29, 0.717) is 18.6 Å². The van der Waals surface area contributed by atoms with Gasteiger partial charge in [-0.1, -0.05) is 0 Å². The molecule has 0 aromatic rings. The molecule has 5 nitrogen and oxygen atoms in total. The molecule has 2 aliphatic rings. The average molecular weight is 283 g/mol. The number of hydrogen-bond acceptors (Lipinski definition) is 4. The molecule has 0 radical (unpaired) electrons. The van der Waals surface area contributed by atoms with Crippen molar-refractivity contribution in [2.45, 2.75) is 57.2 Å². The Morgan fingerprint density at radius 2 is 2.15 bits per heavy atom. The Labute approximate surface area is 122 Å². The maximum Gasteiger partial charge on any atom is 0.239 e. The van der Waals surface area contributed by atoms with Crippen LogP contribution in [0.3, 0.4) is 0 Å². The van der Waals surface area contributed by atoms with Gasteiger partial charge in [0.2, 0.25) is 5.91 Å². The molecule has 1 saturated heterocycles. The predicted molar refractivity (Wildman–Crippen MR) is 79.4 cm³/mol. The van der Waals surface area contributed by atoms with Crippen LogP contribution in [0, 0.1) is 5.92 Å². The van der Waals surface area contributed by atoms with E-state index in [4.69, 9.17) is 10.5 Å². The van der Waals surface area contributed by atoms with Crippen LogP contribution in [-0.2, 0) is 9.53 Å². The summed E-state index contributed by atoms with van der Waals surface area (Å²) in [7, 11) is 2.06. The van der Waals surface area contributed by atoms with Gasteiger partial charge in [-0.2, -0.15) is 0 Å². The lowest BCUT2D eigenvalue weighted by molar-refractivity contribution is -0.126. The van der Waals surface area contributed by atoms with Crippen LogP contribution in [0.2, 0.25) is 0 Å². The van der Waals surface area contributed by atoms with Crippen LogP contribution in [0.1, 0.15) is 39.5 Å². The van der Waals surface area contributed by atoms with Gasteiger partial charge in [0, 0.05) is 25.7 Å². The van der Waals surface area contributed by atoms with Crippen LogP contribution >= 0.6 is 0 Å². The molecule has 3 N–H and O–H groups in total. The number of nitrogens with zero attached hydrogens (tertiary/aromatic N) is 1. The van der Waals surface area contributed by atoms with Crippen molar-refractivity contribution in [2.75, 3.05) is 26.7 Å². The van der Waals surface area contributed by atoms with Crippen LogP contribution in [0.4, 0.5) is 0 Å². The maximum atomic E-state index is 12.1. The smallest absolute Gasteiger partial charge is 0.239 e. The van der Waals surface area contributed by atoms with Crippen molar-refractivity contribution in [3.63, 3.8) is 0 Å². The molecular weight excluding hydrogens is 254 g/mol. The zero-order valence-corrected chi connectivity index (χ0v) is 13.0. The highest BCUT2D eigenvalue weighted by atomic mass is 16.5. The minimum absolute atomic E-state index is 0.215. The molecule has 2 fully saturated rings. The first kappa shape index (κ1) is 15.7. The number of carbonyl (C=O) groups is 1. The Hall–Kier alpha value is -0.650. The highest BCUT2D eigenvalue weighted by Gasteiger charge is 2.50. The highest BCUT2D eigenvalue weighted by Crippen LogP contribution is 2.40. The van der Waals surface area contributed by atoms with Gasteiger partial charge in [-0.05, 0) is 52.5 Å². The minimum atomic E-state index is -0.582. The first-order chi connectivity index (χ1) is 9.44. The molecule has 5 heteroatoms. The van der Waals surface area contributed by atoms with Crippen LogP contribution in [-0.4, -0.2) is 55.2 Å². The SMILES string of the molecule is CC(C)NC(CN(C)CC1CCCO1)(C(N)=O)C1CC1. The summed E-state index contributed by atoms with van der Waals surface area (Å²) in [6.07, 6.45) is 4.76. The van der Waals surface area contributed by atoms with E-state index in [2.05, 4.69) is 31.1 Å². The van der Waals surface area contributed by atoms with Crippen molar-refractivity contribution in [3.05, 3.63) is 0 Å². The first-order valence-electron chi connectivity index (χ1n) is 7.82. The van der Waals surface area contributed by atoms with E-state index in [1.807, 2.05) is 0 Å². The first-order valence-corrected chi connectivity index (χ1v) is 7.82. The van der Waals surface area contributed by atoms with E-state index in [1.54, 1.807) is 0 Å². The van der Waals surface area contributed by atoms with Crippen molar-refractivity contribution in [1.29, 1.82) is 0 Å². The Kier molecular flexibility index (Phi) is 5.04. The Balaban J connectivity index is 2.00. The molecule has 116 valence electrons. The molecule has 2 rings (SSSR count). The normalized spacial score (nSPS) is 26.1. The molecule has 0 bridgehead atoms. The number of likely N-dealkylation sites (N-methyl/N-ethyl adjacent to an activating group) is 1. The lowest BCUT2D eigenvalue weighted by Crippen LogP contribution is -2.64. The van der Waals surface area contributed by atoms with Gasteiger partial charge in [-0.3, -0.25) is 10.1 Å². The molecule has 1 aliphatic heterocycles. The molecule has 1 aliphatic carbocycles. The standard InChI is InChI=1S/C15H29N3O2/c1-11(2)17-15(14(16)19,12-6-7-12)10-18(3)9-13-5-4-8-20-13/h11-13,17H,4-10H2,1-3H3,(H2,16,19). The second-order valence-corrected chi connectivity index (χ2v) is 6.74. The van der Waals surface area contributed by atoms with Gasteiger partial charge in [0.15, 0.2) is 0 Å². The molecule has 1 heterocycles. The lowest BCUT2D eigenvalue weighted by atomic mass is 9.90. The molecule has 1 saturated carbocycles. The number of primary amides is 1. The molecule has 0 spiro atoms. The summed E-state index contributed by atoms with van der Waals surface area (Å²) in [5.41, 5.74) is 5.18. The van der Waals surface area contributed by atoms with Gasteiger partial charge in [0.25, 0.3) is 0 Å². The van der Waals surface area contributed by atoms with Crippen LogP contribution in [0.15, 0.2) is 0 Å². The topological polar surface area (TPSA) is 67.6 Å². The minimum Gasteiger partial charge on any atom is -0.377 e. The van der Waals surface area contributed by atoms with Gasteiger partial charge >= 0.3 is 0 Å². The van der Waals surface area contributed by atoms with Gasteiger partial charge < -0.3 is 15.4 Å². The summed E-state index contributed by atoms with van der Waals surface area (Å²) in [4.78, 5) is 14.3. The van der Waals surface area contributed by atoms with Crippen LogP contribution < -0.4 is 11.1 Å². The molecule has 20 heavy (non-hydrogen) atoms. The summed E-state index contributed by atoms with van der Waals surface area (Å²) >= 11 is 0. The number of carbonyl (C=O) groups excluding carboxylic acids is 1. The quantitative estimate of drug-likeness (QED) is 0.689. The van der Waals surface area contributed by atoms with E-state index in [0.717, 1.165) is 38.8 Å². The van der Waals surface area contributed by atoms with Crippen LogP contribution in [0.25, 0.3) is 0 Å². The lowest BCUT2D eigenvalue weighted by Gasteiger charge is -2.38. The summed E-state index contributed by atoms with van der Waals surface area (Å²) in [6, 6.07) is 0.249. The number of amides is 1. The van der Waals surface area contributed by atoms with E-state index >= 15 is 0 Å². The number of ether oxygens (including phenoxy) is 1. The van der Waals surface area contributed by atoms with E-state index in [9.17, 15) is 4.79 Å². The van der Waals surface area contributed by atoms with Gasteiger partial charge in [-0.15, -0.1) is 0 Å². The Bertz CT molecular complexity index is 338. The fourth-order valence-electron chi connectivity index (χ4n) is 3.36. The molecule has 0 aromatic heterocycles. The van der Waals surface area contributed by atoms with Gasteiger partial charge in [0.1, 0.15) is 5.54 Å². The highest BCUT2D eigenvalue weighted by molar-refractivity contribution is 5.86. The molecule has 2 unspecified atom stereocenters. The fraction of sp³-hybridized carbons (Fsp3) is 0.933. The van der Waals surface area contributed by atoms with E-state index in [-0.39, 0.29) is 11.9 Å². The second kappa shape index (κ2) is 6.41. The summed E-state index contributed by atoms with van der Waals surface area (Å²) in [5.74, 6) is 0.169. The largest absolute Gasteiger partial charge is 0.377 e. The zero-order valence-electron chi connectivity index (χ0n) is 13.0. The Morgan fingerprint density at radius 3 is 2.60 bits per heavy atom. The third-order valence-electron chi connectivity index (χ3n) is 4.32. The maximum absolute atomic E-state index is 12.1. The van der Waals surface area contributed by atoms with Crippen molar-refractivity contribution in [1.82, 2.24) is 10.2 Å². The fourth-order valence-corrected chi connectivity index (χ4v) is 3.36. The zero-order chi connectivity index (χ0) is 14.8. The Morgan fingerprint density at radius 1 is 1.45 bits per heavy atom. The van der Waals surface area contributed by atoms with Gasteiger partial charge in [0.05, 0.1) is 6.10 Å². The summed E-state index contributed by atoms with van der Waals surface area (Å²) in [6.45, 7) is 6.55. The van der Waals surface area contributed by atoms with Crippen LogP contribution in [0.5, 0.6) is 0 Å². The molecule has 1 amide bonds. The number of nitrogens with two attached hydrogens (primary N) is 1. The van der Waals surface area contributed by atoms with Crippen molar-refractivity contribution in [2.24, 2.45) is 11.7 Å². The monoisotopic (exact) mass is 283 g/mol. The number of hydrogen-bond donors (Lipinski definition) is 2. The van der Waals surface area contributed by atoms with E-state index < -0.39 is 5.54 Å². The summed E-state index contributed by atoms with van der Waals surface area (Å²) < 4.78 is 5.68. The predicted octanol–water partition coefficient (Wildman–Crippen LogP) is 0.729. The third kappa shape index (κ3) is 3.71. The van der Waals surface area contributed by atoms with Crippen molar-refractivity contribution >= 4 is 5.91 Å². The molecule has 0 aromatic carbocycles. The number of nitrogens with one attached hydrogen (secondary N) is 1. The third-order valence-corrected chi connectivity index (χ3v) is 4.32. The molecule has 2 atom stereocenters. The summed E-state index contributed by atoms with van der Waals surface area (Å²) in [5, 5.41) is 3.45. The molecular formula is C15H29N3O2. The number of rotatable bonds is 8. The van der Waals surface area contributed by atoms with Crippen molar-refractivity contribution < 1.29 is 9.53 Å². The van der Waals surface area contributed by atoms with Crippen molar-refractivity contribution in [3.8, 4) is 0 Å². The van der Waals surface area contributed by atoms with Gasteiger partial charge in [-0.25, -0.2) is 0 Å². The van der Waals surface area contributed by atoms with E-state index in [1.165, 1.54) is 0 Å². The average Bonchev–Trinajstić information content (AvgIpc) is 3.08. The second-order valence-electron chi connectivity index (χ2n) is 6.74.